The van der Waals surface area contributed by atoms with Gasteiger partial charge in [-0.05, 0) is 57.3 Å². The minimum Gasteiger partial charge on any atom is -0.496 e. The molecule has 110 valence electrons. The van der Waals surface area contributed by atoms with Gasteiger partial charge in [0.15, 0.2) is 0 Å². The number of rotatable bonds is 5. The number of carbonyl (C=O) groups is 1. The second-order valence-electron chi connectivity index (χ2n) is 5.46. The summed E-state index contributed by atoms with van der Waals surface area (Å²) in [6.45, 7) is 4.90. The van der Waals surface area contributed by atoms with Crippen LogP contribution in [0.3, 0.4) is 0 Å². The lowest BCUT2D eigenvalue weighted by molar-refractivity contribution is 0.0947. The zero-order chi connectivity index (χ0) is 14.4. The molecule has 4 nitrogen and oxygen atoms in total. The smallest absolute Gasteiger partial charge is 0.255 e. The van der Waals surface area contributed by atoms with Crippen LogP contribution < -0.4 is 15.4 Å². The molecule has 0 radical (unpaired) electrons. The Balaban J connectivity index is 1.86. The molecule has 0 saturated carbocycles. The van der Waals surface area contributed by atoms with Crippen molar-refractivity contribution in [2.24, 2.45) is 5.92 Å². The third kappa shape index (κ3) is 3.97. The summed E-state index contributed by atoms with van der Waals surface area (Å²) in [5, 5.41) is 6.40. The SMILES string of the molecule is COc1ccc(C)cc1C(=O)NCCC1CCCNC1. The van der Waals surface area contributed by atoms with Gasteiger partial charge in [0.05, 0.1) is 12.7 Å². The van der Waals surface area contributed by atoms with E-state index in [4.69, 9.17) is 4.74 Å². The molecule has 1 amide bonds. The van der Waals surface area contributed by atoms with Crippen molar-refractivity contribution in [1.82, 2.24) is 10.6 Å². The van der Waals surface area contributed by atoms with Crippen molar-refractivity contribution in [1.29, 1.82) is 0 Å². The molecule has 1 aromatic rings. The largest absolute Gasteiger partial charge is 0.496 e. The summed E-state index contributed by atoms with van der Waals surface area (Å²) < 4.78 is 5.25. The first-order valence-electron chi connectivity index (χ1n) is 7.34. The third-order valence-electron chi connectivity index (χ3n) is 3.84. The number of ether oxygens (including phenoxy) is 1. The fourth-order valence-electron chi connectivity index (χ4n) is 2.65. The van der Waals surface area contributed by atoms with Crippen molar-refractivity contribution in [2.45, 2.75) is 26.2 Å². The van der Waals surface area contributed by atoms with Crippen LogP contribution in [0, 0.1) is 12.8 Å². The second-order valence-corrected chi connectivity index (χ2v) is 5.46. The lowest BCUT2D eigenvalue weighted by Crippen LogP contribution is -2.33. The molecule has 0 bridgehead atoms. The van der Waals surface area contributed by atoms with Crippen LogP contribution in [-0.4, -0.2) is 32.7 Å². The van der Waals surface area contributed by atoms with Crippen LogP contribution in [0.25, 0.3) is 0 Å². The first-order chi connectivity index (χ1) is 9.70. The highest BCUT2D eigenvalue weighted by molar-refractivity contribution is 5.97. The van der Waals surface area contributed by atoms with Crippen LogP contribution >= 0.6 is 0 Å². The summed E-state index contributed by atoms with van der Waals surface area (Å²) in [5.74, 6) is 1.27. The highest BCUT2D eigenvalue weighted by atomic mass is 16.5. The van der Waals surface area contributed by atoms with Gasteiger partial charge in [0.2, 0.25) is 0 Å². The average Bonchev–Trinajstić information content (AvgIpc) is 2.48. The van der Waals surface area contributed by atoms with Gasteiger partial charge in [0.25, 0.3) is 5.91 Å². The molecule has 2 rings (SSSR count). The molecule has 4 heteroatoms. The molecular weight excluding hydrogens is 252 g/mol. The van der Waals surface area contributed by atoms with E-state index < -0.39 is 0 Å². The van der Waals surface area contributed by atoms with E-state index in [1.807, 2.05) is 25.1 Å². The number of amides is 1. The molecule has 2 N–H and O–H groups in total. The van der Waals surface area contributed by atoms with Gasteiger partial charge < -0.3 is 15.4 Å². The number of methoxy groups -OCH3 is 1. The predicted molar refractivity (Wildman–Crippen MR) is 80.3 cm³/mol. The number of hydrogen-bond donors (Lipinski definition) is 2. The number of piperidine rings is 1. The van der Waals surface area contributed by atoms with Crippen LogP contribution in [0.1, 0.15) is 35.2 Å². The van der Waals surface area contributed by atoms with Crippen LogP contribution in [0.2, 0.25) is 0 Å². The van der Waals surface area contributed by atoms with E-state index in [0.29, 0.717) is 17.2 Å². The Morgan fingerprint density at radius 1 is 1.50 bits per heavy atom. The van der Waals surface area contributed by atoms with Crippen molar-refractivity contribution in [3.63, 3.8) is 0 Å². The topological polar surface area (TPSA) is 50.4 Å². The van der Waals surface area contributed by atoms with E-state index in [2.05, 4.69) is 10.6 Å². The fourth-order valence-corrected chi connectivity index (χ4v) is 2.65. The van der Waals surface area contributed by atoms with Gasteiger partial charge in [-0.1, -0.05) is 11.6 Å². The van der Waals surface area contributed by atoms with Crippen molar-refractivity contribution >= 4 is 5.91 Å². The second kappa shape index (κ2) is 7.29. The molecule has 0 aromatic heterocycles. The number of benzene rings is 1. The van der Waals surface area contributed by atoms with Crippen molar-refractivity contribution in [3.8, 4) is 5.75 Å². The Bertz CT molecular complexity index is 454. The van der Waals surface area contributed by atoms with E-state index >= 15 is 0 Å². The Morgan fingerprint density at radius 3 is 3.05 bits per heavy atom. The normalized spacial score (nSPS) is 18.6. The molecule has 1 aromatic carbocycles. The maximum Gasteiger partial charge on any atom is 0.255 e. The molecule has 0 aliphatic carbocycles. The van der Waals surface area contributed by atoms with Crippen LogP contribution in [0.5, 0.6) is 5.75 Å². The Hall–Kier alpha value is -1.55. The van der Waals surface area contributed by atoms with Crippen LogP contribution in [0.15, 0.2) is 18.2 Å². The van der Waals surface area contributed by atoms with Gasteiger partial charge in [-0.25, -0.2) is 0 Å². The van der Waals surface area contributed by atoms with Gasteiger partial charge >= 0.3 is 0 Å². The van der Waals surface area contributed by atoms with E-state index in [-0.39, 0.29) is 5.91 Å². The molecular formula is C16H24N2O2. The Morgan fingerprint density at radius 2 is 2.35 bits per heavy atom. The lowest BCUT2D eigenvalue weighted by atomic mass is 9.96. The zero-order valence-corrected chi connectivity index (χ0v) is 12.4. The number of nitrogens with one attached hydrogen (secondary N) is 2. The third-order valence-corrected chi connectivity index (χ3v) is 3.84. The minimum absolute atomic E-state index is 0.0469. The molecule has 1 atom stereocenters. The van der Waals surface area contributed by atoms with Crippen molar-refractivity contribution in [2.75, 3.05) is 26.7 Å². The van der Waals surface area contributed by atoms with E-state index in [9.17, 15) is 4.79 Å². The maximum absolute atomic E-state index is 12.2. The van der Waals surface area contributed by atoms with Gasteiger partial charge in [0.1, 0.15) is 5.75 Å². The summed E-state index contributed by atoms with van der Waals surface area (Å²) in [6, 6.07) is 5.66. The molecule has 1 unspecified atom stereocenters. The first kappa shape index (κ1) is 14.9. The summed E-state index contributed by atoms with van der Waals surface area (Å²) in [6.07, 6.45) is 3.54. The number of hydrogen-bond acceptors (Lipinski definition) is 3. The Kier molecular flexibility index (Phi) is 5.41. The molecule has 20 heavy (non-hydrogen) atoms. The summed E-state index contributed by atoms with van der Waals surface area (Å²) in [7, 11) is 1.59. The maximum atomic E-state index is 12.2. The quantitative estimate of drug-likeness (QED) is 0.866. The first-order valence-corrected chi connectivity index (χ1v) is 7.34. The number of carbonyl (C=O) groups excluding carboxylic acids is 1. The van der Waals surface area contributed by atoms with Crippen molar-refractivity contribution < 1.29 is 9.53 Å². The molecule has 1 fully saturated rings. The average molecular weight is 276 g/mol. The highest BCUT2D eigenvalue weighted by Crippen LogP contribution is 2.19. The van der Waals surface area contributed by atoms with E-state index in [1.54, 1.807) is 7.11 Å². The van der Waals surface area contributed by atoms with Crippen LogP contribution in [0.4, 0.5) is 0 Å². The molecule has 1 aliphatic heterocycles. The van der Waals surface area contributed by atoms with Gasteiger partial charge in [-0.15, -0.1) is 0 Å². The highest BCUT2D eigenvalue weighted by Gasteiger charge is 2.15. The van der Waals surface area contributed by atoms with Gasteiger partial charge in [0, 0.05) is 6.54 Å². The molecule has 0 spiro atoms. The molecule has 1 aliphatic rings. The predicted octanol–water partition coefficient (Wildman–Crippen LogP) is 2.12. The van der Waals surface area contributed by atoms with Gasteiger partial charge in [-0.2, -0.15) is 0 Å². The lowest BCUT2D eigenvalue weighted by Gasteiger charge is -2.22. The van der Waals surface area contributed by atoms with E-state index in [0.717, 1.165) is 31.6 Å². The number of aryl methyl sites for hydroxylation is 1. The summed E-state index contributed by atoms with van der Waals surface area (Å²) in [4.78, 5) is 12.2. The standard InChI is InChI=1S/C16H24N2O2/c1-12-5-6-15(20-2)14(10-12)16(19)18-9-7-13-4-3-8-17-11-13/h5-6,10,13,17H,3-4,7-9,11H2,1-2H3,(H,18,19). The van der Waals surface area contributed by atoms with Gasteiger partial charge in [-0.3, -0.25) is 4.79 Å². The summed E-state index contributed by atoms with van der Waals surface area (Å²) >= 11 is 0. The zero-order valence-electron chi connectivity index (χ0n) is 12.4. The fraction of sp³-hybridized carbons (Fsp3) is 0.562. The van der Waals surface area contributed by atoms with Crippen molar-refractivity contribution in [3.05, 3.63) is 29.3 Å². The molecule has 1 saturated heterocycles. The monoisotopic (exact) mass is 276 g/mol. The summed E-state index contributed by atoms with van der Waals surface area (Å²) in [5.41, 5.74) is 1.68. The molecule has 1 heterocycles. The van der Waals surface area contributed by atoms with Crippen LogP contribution in [-0.2, 0) is 0 Å². The minimum atomic E-state index is -0.0469. The van der Waals surface area contributed by atoms with E-state index in [1.165, 1.54) is 12.8 Å². The Labute approximate surface area is 120 Å².